The summed E-state index contributed by atoms with van der Waals surface area (Å²) in [6, 6.07) is 25.2. The van der Waals surface area contributed by atoms with Crippen LogP contribution in [0.4, 0.5) is 0 Å². The Balaban J connectivity index is 1.30. The molecule has 0 bridgehead atoms. The highest BCUT2D eigenvalue weighted by molar-refractivity contribution is 5.95. The first kappa shape index (κ1) is 24.7. The summed E-state index contributed by atoms with van der Waals surface area (Å²) >= 11 is 0. The van der Waals surface area contributed by atoms with E-state index in [2.05, 4.69) is 0 Å². The Morgan fingerprint density at radius 3 is 2.43 bits per heavy atom. The van der Waals surface area contributed by atoms with Crippen molar-refractivity contribution in [2.45, 2.75) is 44.8 Å². The first-order chi connectivity index (χ1) is 17.9. The molecule has 0 spiro atoms. The highest BCUT2D eigenvalue weighted by Crippen LogP contribution is 2.44. The SMILES string of the molecule is Cc1cccc(C(C)C(=O)/C=C/C2[C@H]3CC(=O)O[C@H]3C[C@H]2OC(=O)c2ccc(-c3ccccc3)cc2)c1. The second-order valence-electron chi connectivity index (χ2n) is 9.99. The van der Waals surface area contributed by atoms with E-state index in [1.54, 1.807) is 18.2 Å². The van der Waals surface area contributed by atoms with Crippen molar-refractivity contribution in [3.8, 4) is 11.1 Å². The summed E-state index contributed by atoms with van der Waals surface area (Å²) in [5.41, 5.74) is 4.61. The average Bonchev–Trinajstić information content (AvgIpc) is 3.42. The van der Waals surface area contributed by atoms with Gasteiger partial charge in [0, 0.05) is 24.2 Å². The molecule has 2 unspecified atom stereocenters. The summed E-state index contributed by atoms with van der Waals surface area (Å²) in [6.07, 6.45) is 3.32. The van der Waals surface area contributed by atoms with E-state index in [0.29, 0.717) is 12.0 Å². The molecule has 5 heteroatoms. The number of hydrogen-bond acceptors (Lipinski definition) is 5. The van der Waals surface area contributed by atoms with Gasteiger partial charge >= 0.3 is 11.9 Å². The van der Waals surface area contributed by atoms with Crippen LogP contribution in [0, 0.1) is 18.8 Å². The number of carbonyl (C=O) groups excluding carboxylic acids is 3. The maximum absolute atomic E-state index is 13.0. The zero-order valence-corrected chi connectivity index (χ0v) is 21.0. The molecule has 0 amide bonds. The first-order valence-electron chi connectivity index (χ1n) is 12.7. The number of hydrogen-bond donors (Lipinski definition) is 0. The van der Waals surface area contributed by atoms with Crippen LogP contribution < -0.4 is 0 Å². The van der Waals surface area contributed by atoms with Gasteiger partial charge in [0.15, 0.2) is 5.78 Å². The van der Waals surface area contributed by atoms with Crippen LogP contribution >= 0.6 is 0 Å². The third-order valence-corrected chi connectivity index (χ3v) is 7.49. The molecule has 2 aliphatic rings. The smallest absolute Gasteiger partial charge is 0.338 e. The maximum Gasteiger partial charge on any atom is 0.338 e. The van der Waals surface area contributed by atoms with Crippen molar-refractivity contribution in [3.05, 3.63) is 108 Å². The lowest BCUT2D eigenvalue weighted by atomic mass is 9.89. The first-order valence-corrected chi connectivity index (χ1v) is 12.7. The molecule has 1 saturated carbocycles. The summed E-state index contributed by atoms with van der Waals surface area (Å²) in [4.78, 5) is 37.9. The predicted molar refractivity (Wildman–Crippen MR) is 141 cm³/mol. The standard InChI is InChI=1S/C32H30O5/c1-20-7-6-10-25(17-20)21(2)28(33)16-15-26-27-18-31(34)36-30(27)19-29(26)37-32(35)24-13-11-23(12-14-24)22-8-4-3-5-9-22/h3-17,21,26-27,29-30H,18-19H2,1-2H3/b16-15+/t21?,26?,27-,29-,30+/m1/s1. The Morgan fingerprint density at radius 1 is 0.973 bits per heavy atom. The number of aryl methyl sites for hydroxylation is 1. The largest absolute Gasteiger partial charge is 0.462 e. The van der Waals surface area contributed by atoms with Crippen molar-refractivity contribution in [1.29, 1.82) is 0 Å². The van der Waals surface area contributed by atoms with Crippen LogP contribution in [0.2, 0.25) is 0 Å². The van der Waals surface area contributed by atoms with E-state index < -0.39 is 12.1 Å². The zero-order chi connectivity index (χ0) is 25.9. The minimum atomic E-state index is -0.470. The van der Waals surface area contributed by atoms with Gasteiger partial charge in [-0.2, -0.15) is 0 Å². The highest BCUT2D eigenvalue weighted by atomic mass is 16.6. The van der Waals surface area contributed by atoms with E-state index in [0.717, 1.165) is 22.3 Å². The fourth-order valence-electron chi connectivity index (χ4n) is 5.38. The van der Waals surface area contributed by atoms with Gasteiger partial charge in [0.2, 0.25) is 0 Å². The molecule has 0 radical (unpaired) electrons. The maximum atomic E-state index is 13.0. The molecule has 37 heavy (non-hydrogen) atoms. The summed E-state index contributed by atoms with van der Waals surface area (Å²) in [5.74, 6) is -1.36. The van der Waals surface area contributed by atoms with Gasteiger partial charge in [-0.1, -0.05) is 85.3 Å². The quantitative estimate of drug-likeness (QED) is 0.295. The van der Waals surface area contributed by atoms with Gasteiger partial charge in [-0.3, -0.25) is 9.59 Å². The lowest BCUT2D eigenvalue weighted by molar-refractivity contribution is -0.141. The minimum Gasteiger partial charge on any atom is -0.462 e. The van der Waals surface area contributed by atoms with Gasteiger partial charge < -0.3 is 9.47 Å². The molecule has 1 heterocycles. The van der Waals surface area contributed by atoms with E-state index in [-0.39, 0.29) is 42.0 Å². The highest BCUT2D eigenvalue weighted by Gasteiger charge is 2.50. The van der Waals surface area contributed by atoms with Crippen molar-refractivity contribution in [1.82, 2.24) is 0 Å². The average molecular weight is 495 g/mol. The Kier molecular flexibility index (Phi) is 7.04. The van der Waals surface area contributed by atoms with E-state index >= 15 is 0 Å². The predicted octanol–water partition coefficient (Wildman–Crippen LogP) is 6.07. The van der Waals surface area contributed by atoms with Crippen molar-refractivity contribution in [2.24, 2.45) is 11.8 Å². The van der Waals surface area contributed by atoms with Gasteiger partial charge in [-0.05, 0) is 41.8 Å². The van der Waals surface area contributed by atoms with Gasteiger partial charge in [0.25, 0.3) is 0 Å². The van der Waals surface area contributed by atoms with Gasteiger partial charge in [-0.25, -0.2) is 4.79 Å². The number of carbonyl (C=O) groups is 3. The van der Waals surface area contributed by atoms with E-state index in [1.165, 1.54) is 0 Å². The second kappa shape index (κ2) is 10.6. The Bertz CT molecular complexity index is 1320. The normalized spacial score (nSPS) is 23.5. The number of rotatable bonds is 7. The summed E-state index contributed by atoms with van der Waals surface area (Å²) in [6.45, 7) is 3.89. The monoisotopic (exact) mass is 494 g/mol. The van der Waals surface area contributed by atoms with Gasteiger partial charge in [0.05, 0.1) is 12.0 Å². The minimum absolute atomic E-state index is 0.0270. The second-order valence-corrected chi connectivity index (χ2v) is 9.99. The fourth-order valence-corrected chi connectivity index (χ4v) is 5.38. The Morgan fingerprint density at radius 2 is 1.70 bits per heavy atom. The number of ether oxygens (including phenoxy) is 2. The summed E-state index contributed by atoms with van der Waals surface area (Å²) in [7, 11) is 0. The molecular weight excluding hydrogens is 464 g/mol. The number of esters is 2. The van der Waals surface area contributed by atoms with Crippen LogP contribution in [0.3, 0.4) is 0 Å². The molecule has 1 aliphatic heterocycles. The van der Waals surface area contributed by atoms with Crippen molar-refractivity contribution in [2.75, 3.05) is 0 Å². The molecular formula is C32H30O5. The van der Waals surface area contributed by atoms with Crippen molar-refractivity contribution >= 4 is 17.7 Å². The molecule has 188 valence electrons. The molecule has 0 aromatic heterocycles. The van der Waals surface area contributed by atoms with Crippen LogP contribution in [0.5, 0.6) is 0 Å². The van der Waals surface area contributed by atoms with Crippen molar-refractivity contribution < 1.29 is 23.9 Å². The summed E-state index contributed by atoms with van der Waals surface area (Å²) in [5, 5.41) is 0. The van der Waals surface area contributed by atoms with Crippen molar-refractivity contribution in [3.63, 3.8) is 0 Å². The van der Waals surface area contributed by atoms with Crippen LogP contribution in [0.1, 0.15) is 47.2 Å². The van der Waals surface area contributed by atoms with Crippen LogP contribution in [-0.4, -0.2) is 29.9 Å². The number of fused-ring (bicyclic) bond motifs is 1. The molecule has 1 aliphatic carbocycles. The van der Waals surface area contributed by atoms with E-state index in [4.69, 9.17) is 9.47 Å². The number of benzene rings is 3. The van der Waals surface area contributed by atoms with E-state index in [1.807, 2.05) is 86.7 Å². The molecule has 5 nitrogen and oxygen atoms in total. The van der Waals surface area contributed by atoms with Crippen LogP contribution in [-0.2, 0) is 19.1 Å². The fraction of sp³-hybridized carbons (Fsp3) is 0.281. The summed E-state index contributed by atoms with van der Waals surface area (Å²) < 4.78 is 11.4. The molecule has 5 rings (SSSR count). The third kappa shape index (κ3) is 5.41. The molecule has 3 aromatic carbocycles. The Labute approximate surface area is 217 Å². The lowest BCUT2D eigenvalue weighted by Crippen LogP contribution is -2.25. The third-order valence-electron chi connectivity index (χ3n) is 7.49. The molecule has 3 aromatic rings. The molecule has 1 saturated heterocycles. The molecule has 5 atom stereocenters. The zero-order valence-electron chi connectivity index (χ0n) is 21.0. The van der Waals surface area contributed by atoms with Gasteiger partial charge in [-0.15, -0.1) is 0 Å². The topological polar surface area (TPSA) is 69.7 Å². The number of allylic oxidation sites excluding steroid dienone is 1. The van der Waals surface area contributed by atoms with Gasteiger partial charge in [0.1, 0.15) is 12.2 Å². The van der Waals surface area contributed by atoms with Crippen LogP contribution in [0.15, 0.2) is 91.0 Å². The lowest BCUT2D eigenvalue weighted by Gasteiger charge is -2.20. The molecule has 0 N–H and O–H groups in total. The molecule has 2 fully saturated rings. The Hall–Kier alpha value is -3.99. The van der Waals surface area contributed by atoms with Crippen LogP contribution in [0.25, 0.3) is 11.1 Å². The van der Waals surface area contributed by atoms with E-state index in [9.17, 15) is 14.4 Å². The number of ketones is 1.